The van der Waals surface area contributed by atoms with Crippen LogP contribution in [0.4, 0.5) is 13.2 Å². The molecule has 0 aliphatic rings. The highest BCUT2D eigenvalue weighted by Crippen LogP contribution is 2.28. The highest BCUT2D eigenvalue weighted by molar-refractivity contribution is 5.85. The summed E-state index contributed by atoms with van der Waals surface area (Å²) >= 11 is 0. The van der Waals surface area contributed by atoms with Crippen molar-refractivity contribution >= 4 is 24.8 Å². The predicted octanol–water partition coefficient (Wildman–Crippen LogP) is 3.03. The fraction of sp³-hybridized carbons (Fsp3) is 0.364. The number of alkyl halides is 3. The molecule has 0 fully saturated rings. The summed E-state index contributed by atoms with van der Waals surface area (Å²) in [5.41, 5.74) is 4.91. The van der Waals surface area contributed by atoms with E-state index in [0.717, 1.165) is 12.3 Å². The van der Waals surface area contributed by atoms with E-state index in [0.29, 0.717) is 6.42 Å². The third-order valence-corrected chi connectivity index (χ3v) is 1.72. The first kappa shape index (κ1) is 19.4. The van der Waals surface area contributed by atoms with Crippen LogP contribution in [-0.2, 0) is 6.18 Å². The Morgan fingerprint density at radius 1 is 1.33 bits per heavy atom. The lowest BCUT2D eigenvalue weighted by molar-refractivity contribution is -0.137. The Morgan fingerprint density at radius 3 is 2.44 bits per heavy atom. The zero-order chi connectivity index (χ0) is 12.2. The zero-order valence-corrected chi connectivity index (χ0v) is 11.1. The van der Waals surface area contributed by atoms with Crippen LogP contribution in [-0.4, -0.2) is 11.0 Å². The Hall–Kier alpha value is -0.960. The highest BCUT2D eigenvalue weighted by atomic mass is 35.5. The minimum atomic E-state index is -4.38. The molecule has 0 spiro atoms. The third kappa shape index (κ3) is 6.70. The van der Waals surface area contributed by atoms with Gasteiger partial charge >= 0.3 is 6.18 Å². The number of pyridine rings is 1. The largest absolute Gasteiger partial charge is 0.417 e. The SMILES string of the molecule is C[C@H](N)CC#Cc1cncc(C(F)(F)F)c1.Cl.Cl. The first-order chi connectivity index (χ1) is 7.39. The molecule has 1 heterocycles. The van der Waals surface area contributed by atoms with Gasteiger partial charge in [-0.15, -0.1) is 24.8 Å². The number of nitrogens with two attached hydrogens (primary N) is 1. The number of hydrogen-bond acceptors (Lipinski definition) is 2. The van der Waals surface area contributed by atoms with Gasteiger partial charge in [-0.25, -0.2) is 0 Å². The molecule has 0 radical (unpaired) electrons. The summed E-state index contributed by atoms with van der Waals surface area (Å²) < 4.78 is 36.9. The summed E-state index contributed by atoms with van der Waals surface area (Å²) in [7, 11) is 0. The van der Waals surface area contributed by atoms with Crippen LogP contribution in [0, 0.1) is 11.8 Å². The van der Waals surface area contributed by atoms with Gasteiger partial charge in [0.25, 0.3) is 0 Å². The molecular weight excluding hydrogens is 288 g/mol. The second-order valence-electron chi connectivity index (χ2n) is 3.44. The van der Waals surface area contributed by atoms with Crippen LogP contribution < -0.4 is 5.73 Å². The lowest BCUT2D eigenvalue weighted by atomic mass is 10.2. The topological polar surface area (TPSA) is 38.9 Å². The lowest BCUT2D eigenvalue weighted by Gasteiger charge is -2.05. The molecule has 1 atom stereocenters. The fourth-order valence-corrected chi connectivity index (χ4v) is 0.977. The van der Waals surface area contributed by atoms with Crippen LogP contribution in [0.25, 0.3) is 0 Å². The molecule has 0 aromatic carbocycles. The Bertz CT molecular complexity index is 422. The summed E-state index contributed by atoms with van der Waals surface area (Å²) in [6, 6.07) is 0.882. The van der Waals surface area contributed by atoms with Crippen molar-refractivity contribution in [3.63, 3.8) is 0 Å². The van der Waals surface area contributed by atoms with Crippen molar-refractivity contribution in [2.24, 2.45) is 5.73 Å². The third-order valence-electron chi connectivity index (χ3n) is 1.72. The number of aromatic nitrogens is 1. The van der Waals surface area contributed by atoms with Gasteiger partial charge in [0.1, 0.15) is 0 Å². The Kier molecular flexibility index (Phi) is 8.83. The van der Waals surface area contributed by atoms with Gasteiger partial charge in [0.05, 0.1) is 5.56 Å². The molecule has 2 N–H and O–H groups in total. The molecule has 18 heavy (non-hydrogen) atoms. The van der Waals surface area contributed by atoms with Gasteiger partial charge in [0, 0.05) is 30.4 Å². The van der Waals surface area contributed by atoms with Crippen molar-refractivity contribution in [2.75, 3.05) is 0 Å². The van der Waals surface area contributed by atoms with E-state index in [1.165, 1.54) is 6.20 Å². The van der Waals surface area contributed by atoms with Crippen LogP contribution in [0.3, 0.4) is 0 Å². The molecular formula is C11H13Cl2F3N2. The number of nitrogens with zero attached hydrogens (tertiary/aromatic N) is 1. The van der Waals surface area contributed by atoms with Crippen LogP contribution in [0.2, 0.25) is 0 Å². The molecule has 2 nitrogen and oxygen atoms in total. The van der Waals surface area contributed by atoms with E-state index in [4.69, 9.17) is 5.73 Å². The number of rotatable bonds is 1. The van der Waals surface area contributed by atoms with Crippen LogP contribution in [0.15, 0.2) is 18.5 Å². The van der Waals surface area contributed by atoms with Crippen molar-refractivity contribution in [3.8, 4) is 11.8 Å². The first-order valence-corrected chi connectivity index (χ1v) is 4.66. The molecule has 0 unspecified atom stereocenters. The molecule has 0 aliphatic heterocycles. The number of halogens is 5. The molecule has 0 bridgehead atoms. The second kappa shape index (κ2) is 8.20. The van der Waals surface area contributed by atoms with Crippen molar-refractivity contribution in [1.29, 1.82) is 0 Å². The minimum absolute atomic E-state index is 0. The van der Waals surface area contributed by atoms with Crippen LogP contribution in [0.5, 0.6) is 0 Å². The van der Waals surface area contributed by atoms with E-state index < -0.39 is 11.7 Å². The standard InChI is InChI=1S/C11H11F3N2.2ClH/c1-8(15)3-2-4-9-5-10(7-16-6-9)11(12,13)14;;/h5-8H,3,15H2,1H3;2*1H/t8-;;/m0../s1. The molecule has 0 amide bonds. The van der Waals surface area contributed by atoms with E-state index in [1.807, 2.05) is 0 Å². The highest BCUT2D eigenvalue weighted by Gasteiger charge is 2.30. The average Bonchev–Trinajstić information content (AvgIpc) is 2.16. The molecule has 1 aromatic heterocycles. The van der Waals surface area contributed by atoms with Crippen molar-refractivity contribution < 1.29 is 13.2 Å². The van der Waals surface area contributed by atoms with E-state index >= 15 is 0 Å². The summed E-state index contributed by atoms with van der Waals surface area (Å²) in [5, 5.41) is 0. The molecule has 1 aromatic rings. The van der Waals surface area contributed by atoms with Gasteiger partial charge in [-0.1, -0.05) is 11.8 Å². The van der Waals surface area contributed by atoms with Crippen LogP contribution >= 0.6 is 24.8 Å². The average molecular weight is 301 g/mol. The Labute approximate surface area is 116 Å². The maximum Gasteiger partial charge on any atom is 0.417 e. The maximum absolute atomic E-state index is 12.3. The molecule has 1 rings (SSSR count). The van der Waals surface area contributed by atoms with Gasteiger partial charge in [-0.05, 0) is 13.0 Å². The molecule has 7 heteroatoms. The molecule has 0 aliphatic carbocycles. The first-order valence-electron chi connectivity index (χ1n) is 4.66. The van der Waals surface area contributed by atoms with Crippen LogP contribution in [0.1, 0.15) is 24.5 Å². The van der Waals surface area contributed by atoms with E-state index in [9.17, 15) is 13.2 Å². The number of hydrogen-bond donors (Lipinski definition) is 1. The fourth-order valence-electron chi connectivity index (χ4n) is 0.977. The van der Waals surface area contributed by atoms with Crippen molar-refractivity contribution in [2.45, 2.75) is 25.6 Å². The normalized spacial score (nSPS) is 11.4. The Morgan fingerprint density at radius 2 is 1.94 bits per heavy atom. The van der Waals surface area contributed by atoms with Gasteiger partial charge < -0.3 is 5.73 Å². The van der Waals surface area contributed by atoms with Crippen molar-refractivity contribution in [1.82, 2.24) is 4.98 Å². The van der Waals surface area contributed by atoms with Gasteiger partial charge in [-0.3, -0.25) is 4.98 Å². The monoisotopic (exact) mass is 300 g/mol. The molecule has 0 saturated heterocycles. The smallest absolute Gasteiger partial charge is 0.327 e. The summed E-state index contributed by atoms with van der Waals surface area (Å²) in [4.78, 5) is 3.50. The molecule has 102 valence electrons. The summed E-state index contributed by atoms with van der Waals surface area (Å²) in [5.74, 6) is 5.29. The van der Waals surface area contributed by atoms with E-state index in [-0.39, 0.29) is 36.4 Å². The summed E-state index contributed by atoms with van der Waals surface area (Å²) in [6.45, 7) is 1.78. The van der Waals surface area contributed by atoms with E-state index in [2.05, 4.69) is 16.8 Å². The van der Waals surface area contributed by atoms with Crippen molar-refractivity contribution in [3.05, 3.63) is 29.6 Å². The maximum atomic E-state index is 12.3. The predicted molar refractivity (Wildman–Crippen MR) is 68.9 cm³/mol. The van der Waals surface area contributed by atoms with Gasteiger partial charge in [0.2, 0.25) is 0 Å². The lowest BCUT2D eigenvalue weighted by Crippen LogP contribution is -2.12. The van der Waals surface area contributed by atoms with Gasteiger partial charge in [-0.2, -0.15) is 13.2 Å². The Balaban J connectivity index is 0. The molecule has 0 saturated carbocycles. The van der Waals surface area contributed by atoms with Gasteiger partial charge in [0.15, 0.2) is 0 Å². The second-order valence-corrected chi connectivity index (χ2v) is 3.44. The quantitative estimate of drug-likeness (QED) is 0.810. The summed E-state index contributed by atoms with van der Waals surface area (Å²) in [6.07, 6.45) is -1.87. The van der Waals surface area contributed by atoms with E-state index in [1.54, 1.807) is 6.92 Å². The zero-order valence-electron chi connectivity index (χ0n) is 9.49. The minimum Gasteiger partial charge on any atom is -0.327 e.